The van der Waals surface area contributed by atoms with E-state index in [9.17, 15) is 9.59 Å². The lowest BCUT2D eigenvalue weighted by atomic mass is 9.83. The fourth-order valence-electron chi connectivity index (χ4n) is 4.53. The summed E-state index contributed by atoms with van der Waals surface area (Å²) in [6.07, 6.45) is 9.49. The first-order chi connectivity index (χ1) is 15.9. The smallest absolute Gasteiger partial charge is 0.255 e. The van der Waals surface area contributed by atoms with Gasteiger partial charge in [0.1, 0.15) is 11.3 Å². The highest BCUT2D eigenvalue weighted by atomic mass is 16.1. The Balaban J connectivity index is 1.61. The first kappa shape index (κ1) is 22.8. The summed E-state index contributed by atoms with van der Waals surface area (Å²) in [5.74, 6) is 0.537. The number of carbonyl (C=O) groups is 2. The SMILES string of the molecule is CC(=O)CC1CCC(NC(=O)c2cnc3ccc(-c4cccnc4)nc3c2NC(C)C)CC1. The highest BCUT2D eigenvalue weighted by Crippen LogP contribution is 2.30. The van der Waals surface area contributed by atoms with E-state index in [1.807, 2.05) is 38.1 Å². The number of fused-ring (bicyclic) bond motifs is 1. The number of nitrogens with zero attached hydrogens (tertiary/aromatic N) is 3. The van der Waals surface area contributed by atoms with Crippen molar-refractivity contribution < 1.29 is 9.59 Å². The van der Waals surface area contributed by atoms with Gasteiger partial charge >= 0.3 is 0 Å². The second-order valence-corrected chi connectivity index (χ2v) is 9.25. The van der Waals surface area contributed by atoms with Crippen molar-refractivity contribution in [2.45, 2.75) is 65.0 Å². The van der Waals surface area contributed by atoms with Gasteiger partial charge in [0.15, 0.2) is 0 Å². The highest BCUT2D eigenvalue weighted by Gasteiger charge is 2.25. The summed E-state index contributed by atoms with van der Waals surface area (Å²) in [7, 11) is 0. The minimum Gasteiger partial charge on any atom is -0.380 e. The molecule has 0 atom stereocenters. The lowest BCUT2D eigenvalue weighted by Gasteiger charge is -2.29. The molecule has 1 amide bonds. The van der Waals surface area contributed by atoms with E-state index in [2.05, 4.69) is 20.6 Å². The average Bonchev–Trinajstić information content (AvgIpc) is 2.80. The molecule has 0 radical (unpaired) electrons. The van der Waals surface area contributed by atoms with Crippen LogP contribution in [-0.2, 0) is 4.79 Å². The summed E-state index contributed by atoms with van der Waals surface area (Å²) in [4.78, 5) is 38.3. The van der Waals surface area contributed by atoms with E-state index in [1.165, 1.54) is 0 Å². The monoisotopic (exact) mass is 445 g/mol. The molecular formula is C26H31N5O2. The van der Waals surface area contributed by atoms with Crippen LogP contribution in [0.1, 0.15) is 63.2 Å². The van der Waals surface area contributed by atoms with Crippen molar-refractivity contribution in [2.75, 3.05) is 5.32 Å². The number of hydrogen-bond acceptors (Lipinski definition) is 6. The van der Waals surface area contributed by atoms with Crippen molar-refractivity contribution in [1.82, 2.24) is 20.3 Å². The van der Waals surface area contributed by atoms with Gasteiger partial charge in [-0.05, 0) is 76.6 Å². The molecule has 7 nitrogen and oxygen atoms in total. The molecule has 172 valence electrons. The van der Waals surface area contributed by atoms with Crippen LogP contribution in [0.25, 0.3) is 22.3 Å². The molecule has 3 aromatic rings. The van der Waals surface area contributed by atoms with Crippen molar-refractivity contribution in [3.63, 3.8) is 0 Å². The van der Waals surface area contributed by atoms with Gasteiger partial charge in [-0.25, -0.2) is 4.98 Å². The number of amides is 1. The zero-order valence-electron chi connectivity index (χ0n) is 19.5. The van der Waals surface area contributed by atoms with E-state index in [1.54, 1.807) is 25.5 Å². The maximum absolute atomic E-state index is 13.3. The van der Waals surface area contributed by atoms with Gasteiger partial charge in [-0.3, -0.25) is 14.8 Å². The number of Topliss-reactive ketones (excluding diaryl/α,β-unsaturated/α-hetero) is 1. The summed E-state index contributed by atoms with van der Waals surface area (Å²) in [5.41, 5.74) is 4.29. The average molecular weight is 446 g/mol. The summed E-state index contributed by atoms with van der Waals surface area (Å²) >= 11 is 0. The quantitative estimate of drug-likeness (QED) is 0.543. The van der Waals surface area contributed by atoms with Crippen molar-refractivity contribution >= 4 is 28.4 Å². The number of pyridine rings is 3. The largest absolute Gasteiger partial charge is 0.380 e. The Morgan fingerprint density at radius 2 is 1.88 bits per heavy atom. The third-order valence-corrected chi connectivity index (χ3v) is 6.11. The first-order valence-corrected chi connectivity index (χ1v) is 11.7. The third kappa shape index (κ3) is 5.53. The lowest BCUT2D eigenvalue weighted by Crippen LogP contribution is -2.38. The summed E-state index contributed by atoms with van der Waals surface area (Å²) in [6, 6.07) is 7.91. The molecule has 1 aliphatic carbocycles. The van der Waals surface area contributed by atoms with Crippen LogP contribution in [0, 0.1) is 5.92 Å². The molecule has 0 saturated heterocycles. The predicted molar refractivity (Wildman–Crippen MR) is 130 cm³/mol. The van der Waals surface area contributed by atoms with Crippen LogP contribution >= 0.6 is 0 Å². The number of rotatable bonds is 7. The molecule has 3 heterocycles. The fourth-order valence-corrected chi connectivity index (χ4v) is 4.53. The van der Waals surface area contributed by atoms with E-state index >= 15 is 0 Å². The van der Waals surface area contributed by atoms with Gasteiger partial charge in [0, 0.05) is 42.7 Å². The standard InChI is InChI=1S/C26H31N5O2/c1-16(2)29-24-21(26(33)30-20-8-6-18(7-9-20)13-17(3)32)15-28-23-11-10-22(31-25(23)24)19-5-4-12-27-14-19/h4-5,10-12,14-16,18,20H,6-9,13H2,1-3H3,(H,28,29)(H,30,33). The zero-order valence-corrected chi connectivity index (χ0v) is 19.5. The predicted octanol–water partition coefficient (Wildman–Crippen LogP) is 4.78. The van der Waals surface area contributed by atoms with Crippen LogP contribution < -0.4 is 10.6 Å². The number of anilines is 1. The van der Waals surface area contributed by atoms with E-state index in [4.69, 9.17) is 4.98 Å². The van der Waals surface area contributed by atoms with Gasteiger partial charge in [-0.1, -0.05) is 0 Å². The van der Waals surface area contributed by atoms with E-state index < -0.39 is 0 Å². The lowest BCUT2D eigenvalue weighted by molar-refractivity contribution is -0.118. The molecule has 2 N–H and O–H groups in total. The number of hydrogen-bond donors (Lipinski definition) is 2. The first-order valence-electron chi connectivity index (χ1n) is 11.7. The van der Waals surface area contributed by atoms with E-state index in [0.29, 0.717) is 29.1 Å². The van der Waals surface area contributed by atoms with Gasteiger partial charge in [0.05, 0.1) is 22.5 Å². The Morgan fingerprint density at radius 3 is 2.55 bits per heavy atom. The van der Waals surface area contributed by atoms with Crippen LogP contribution in [0.5, 0.6) is 0 Å². The van der Waals surface area contributed by atoms with Gasteiger partial charge in [-0.2, -0.15) is 0 Å². The molecule has 0 aliphatic heterocycles. The molecule has 1 fully saturated rings. The van der Waals surface area contributed by atoms with Gasteiger partial charge in [-0.15, -0.1) is 0 Å². The van der Waals surface area contributed by atoms with Crippen LogP contribution in [0.15, 0.2) is 42.9 Å². The van der Waals surface area contributed by atoms with Gasteiger partial charge in [0.2, 0.25) is 0 Å². The minimum absolute atomic E-state index is 0.109. The highest BCUT2D eigenvalue weighted by molar-refractivity contribution is 6.06. The van der Waals surface area contributed by atoms with Gasteiger partial charge < -0.3 is 15.4 Å². The maximum Gasteiger partial charge on any atom is 0.255 e. The van der Waals surface area contributed by atoms with Crippen LogP contribution in [-0.4, -0.2) is 38.7 Å². The minimum atomic E-state index is -0.142. The number of ketones is 1. The Bertz CT molecular complexity index is 1140. The number of nitrogens with one attached hydrogen (secondary N) is 2. The molecule has 4 rings (SSSR count). The Hall–Kier alpha value is -3.35. The van der Waals surface area contributed by atoms with Crippen LogP contribution in [0.2, 0.25) is 0 Å². The molecule has 0 unspecified atom stereocenters. The Kier molecular flexibility index (Phi) is 6.96. The molecular weight excluding hydrogens is 414 g/mol. The van der Waals surface area contributed by atoms with Crippen molar-refractivity contribution in [1.29, 1.82) is 0 Å². The molecule has 7 heteroatoms. The molecule has 0 bridgehead atoms. The summed E-state index contributed by atoms with van der Waals surface area (Å²) in [5, 5.41) is 6.62. The zero-order chi connectivity index (χ0) is 23.4. The summed E-state index contributed by atoms with van der Waals surface area (Å²) in [6.45, 7) is 5.72. The number of carbonyl (C=O) groups excluding carboxylic acids is 2. The third-order valence-electron chi connectivity index (χ3n) is 6.11. The van der Waals surface area contributed by atoms with E-state index in [0.717, 1.165) is 42.5 Å². The van der Waals surface area contributed by atoms with Crippen molar-refractivity contribution in [3.8, 4) is 11.3 Å². The Labute approximate surface area is 194 Å². The topological polar surface area (TPSA) is 96.9 Å². The maximum atomic E-state index is 13.3. The molecule has 3 aromatic heterocycles. The van der Waals surface area contributed by atoms with Crippen LogP contribution in [0.3, 0.4) is 0 Å². The van der Waals surface area contributed by atoms with Crippen molar-refractivity contribution in [2.24, 2.45) is 5.92 Å². The fraction of sp³-hybridized carbons (Fsp3) is 0.423. The molecule has 1 saturated carbocycles. The second-order valence-electron chi connectivity index (χ2n) is 9.25. The number of aromatic nitrogens is 3. The molecule has 33 heavy (non-hydrogen) atoms. The van der Waals surface area contributed by atoms with Crippen LogP contribution in [0.4, 0.5) is 5.69 Å². The van der Waals surface area contributed by atoms with Crippen molar-refractivity contribution in [3.05, 3.63) is 48.4 Å². The normalized spacial score (nSPS) is 18.3. The molecule has 0 aromatic carbocycles. The second kappa shape index (κ2) is 10.1. The molecule has 1 aliphatic rings. The molecule has 0 spiro atoms. The van der Waals surface area contributed by atoms with Gasteiger partial charge in [0.25, 0.3) is 5.91 Å². The Morgan fingerprint density at radius 1 is 1.09 bits per heavy atom. The van der Waals surface area contributed by atoms with E-state index in [-0.39, 0.29) is 23.8 Å². The summed E-state index contributed by atoms with van der Waals surface area (Å²) < 4.78 is 0.